The van der Waals surface area contributed by atoms with Crippen molar-refractivity contribution in [2.24, 2.45) is 0 Å². The summed E-state index contributed by atoms with van der Waals surface area (Å²) >= 11 is 0. The summed E-state index contributed by atoms with van der Waals surface area (Å²) in [4.78, 5) is 15.8. The van der Waals surface area contributed by atoms with Crippen molar-refractivity contribution in [2.75, 3.05) is 20.8 Å². The fraction of sp³-hybridized carbons (Fsp3) is 0.222. The van der Waals surface area contributed by atoms with E-state index in [0.29, 0.717) is 18.3 Å². The first-order valence-electron chi connectivity index (χ1n) is 7.43. The topological polar surface area (TPSA) is 69.7 Å². The smallest absolute Gasteiger partial charge is 0.407 e. The molecule has 1 aromatic carbocycles. The van der Waals surface area contributed by atoms with Gasteiger partial charge >= 0.3 is 6.09 Å². The van der Waals surface area contributed by atoms with E-state index in [9.17, 15) is 4.79 Å². The zero-order valence-electron chi connectivity index (χ0n) is 13.7. The highest BCUT2D eigenvalue weighted by Crippen LogP contribution is 2.20. The highest BCUT2D eigenvalue weighted by molar-refractivity contribution is 5.67. The highest BCUT2D eigenvalue weighted by atomic mass is 16.5. The van der Waals surface area contributed by atoms with Gasteiger partial charge in [0.15, 0.2) is 0 Å². The van der Waals surface area contributed by atoms with Crippen LogP contribution in [-0.4, -0.2) is 31.8 Å². The molecule has 0 aliphatic rings. The summed E-state index contributed by atoms with van der Waals surface area (Å²) in [6.07, 6.45) is 3.13. The quantitative estimate of drug-likeness (QED) is 0.846. The van der Waals surface area contributed by atoms with Crippen molar-refractivity contribution in [1.82, 2.24) is 10.3 Å². The Balaban J connectivity index is 1.79. The fourth-order valence-corrected chi connectivity index (χ4v) is 1.94. The number of amides is 1. The number of carbonyl (C=O) groups is 1. The lowest BCUT2D eigenvalue weighted by molar-refractivity contribution is 0.141. The minimum atomic E-state index is -0.469. The van der Waals surface area contributed by atoms with E-state index in [1.54, 1.807) is 19.3 Å². The van der Waals surface area contributed by atoms with Crippen LogP contribution in [0.1, 0.15) is 11.1 Å². The third-order valence-electron chi connectivity index (χ3n) is 3.14. The van der Waals surface area contributed by atoms with E-state index in [-0.39, 0.29) is 6.61 Å². The third kappa shape index (κ3) is 5.31. The summed E-state index contributed by atoms with van der Waals surface area (Å²) in [6, 6.07) is 13.1. The van der Waals surface area contributed by atoms with E-state index >= 15 is 0 Å². The summed E-state index contributed by atoms with van der Waals surface area (Å²) in [7, 11) is 3.08. The monoisotopic (exact) mass is 328 g/mol. The van der Waals surface area contributed by atoms with Gasteiger partial charge in [0.1, 0.15) is 6.61 Å². The number of alkyl carbamates (subject to hydrolysis) is 1. The van der Waals surface area contributed by atoms with E-state index in [2.05, 4.69) is 10.3 Å². The molecule has 0 atom stereocenters. The molecule has 1 heterocycles. The Labute approximate surface area is 141 Å². The molecule has 1 N–H and O–H groups in total. The SMILES string of the molecule is COc1ccc(C=CCNC(=O)OCc2ccccc2)c(OC)n1. The second kappa shape index (κ2) is 9.19. The van der Waals surface area contributed by atoms with E-state index < -0.39 is 6.09 Å². The molecule has 0 fully saturated rings. The minimum Gasteiger partial charge on any atom is -0.481 e. The summed E-state index contributed by atoms with van der Waals surface area (Å²) < 4.78 is 15.4. The first-order valence-corrected chi connectivity index (χ1v) is 7.43. The lowest BCUT2D eigenvalue weighted by atomic mass is 10.2. The molecular formula is C18H20N2O4. The fourth-order valence-electron chi connectivity index (χ4n) is 1.94. The number of hydrogen-bond acceptors (Lipinski definition) is 5. The van der Waals surface area contributed by atoms with Gasteiger partial charge in [0.05, 0.1) is 14.2 Å². The van der Waals surface area contributed by atoms with E-state index in [4.69, 9.17) is 14.2 Å². The van der Waals surface area contributed by atoms with Crippen LogP contribution >= 0.6 is 0 Å². The average Bonchev–Trinajstić information content (AvgIpc) is 2.64. The number of rotatable bonds is 7. The Morgan fingerprint density at radius 1 is 1.12 bits per heavy atom. The van der Waals surface area contributed by atoms with E-state index in [1.807, 2.05) is 42.5 Å². The molecular weight excluding hydrogens is 308 g/mol. The number of hydrogen-bond donors (Lipinski definition) is 1. The molecule has 1 amide bonds. The second-order valence-electron chi connectivity index (χ2n) is 4.80. The zero-order chi connectivity index (χ0) is 17.2. The number of carbonyl (C=O) groups excluding carboxylic acids is 1. The lowest BCUT2D eigenvalue weighted by Crippen LogP contribution is -2.24. The molecule has 0 aliphatic heterocycles. The van der Waals surface area contributed by atoms with Gasteiger partial charge in [-0.2, -0.15) is 4.98 Å². The number of ether oxygens (including phenoxy) is 3. The Hall–Kier alpha value is -3.02. The van der Waals surface area contributed by atoms with Gasteiger partial charge in [0.2, 0.25) is 11.8 Å². The molecule has 0 aliphatic carbocycles. The van der Waals surface area contributed by atoms with Crippen molar-refractivity contribution >= 4 is 12.2 Å². The molecule has 2 rings (SSSR count). The highest BCUT2D eigenvalue weighted by Gasteiger charge is 2.04. The van der Waals surface area contributed by atoms with Crippen LogP contribution in [0.25, 0.3) is 6.08 Å². The summed E-state index contributed by atoms with van der Waals surface area (Å²) in [5.41, 5.74) is 1.73. The Bertz CT molecular complexity index is 687. The predicted octanol–water partition coefficient (Wildman–Crippen LogP) is 3.04. The number of nitrogens with one attached hydrogen (secondary N) is 1. The van der Waals surface area contributed by atoms with Crippen LogP contribution in [0.5, 0.6) is 11.8 Å². The maximum absolute atomic E-state index is 11.6. The molecule has 1 aromatic heterocycles. The average molecular weight is 328 g/mol. The number of pyridine rings is 1. The van der Waals surface area contributed by atoms with Crippen LogP contribution in [0.4, 0.5) is 4.79 Å². The minimum absolute atomic E-state index is 0.243. The first kappa shape index (κ1) is 17.3. The Morgan fingerprint density at radius 3 is 2.62 bits per heavy atom. The molecule has 6 nitrogen and oxygen atoms in total. The van der Waals surface area contributed by atoms with Crippen LogP contribution in [0, 0.1) is 0 Å². The van der Waals surface area contributed by atoms with Crippen molar-refractivity contribution < 1.29 is 19.0 Å². The van der Waals surface area contributed by atoms with Crippen LogP contribution in [0.2, 0.25) is 0 Å². The number of methoxy groups -OCH3 is 2. The standard InChI is InChI=1S/C18H20N2O4/c1-22-16-11-10-15(17(20-16)23-2)9-6-12-19-18(21)24-13-14-7-4-3-5-8-14/h3-11H,12-13H2,1-2H3,(H,19,21). The number of benzene rings is 1. The number of nitrogens with zero attached hydrogens (tertiary/aromatic N) is 1. The maximum Gasteiger partial charge on any atom is 0.407 e. The van der Waals surface area contributed by atoms with Gasteiger partial charge < -0.3 is 19.5 Å². The van der Waals surface area contributed by atoms with Gasteiger partial charge in [-0.3, -0.25) is 0 Å². The number of aromatic nitrogens is 1. The maximum atomic E-state index is 11.6. The molecule has 0 unspecified atom stereocenters. The van der Waals surface area contributed by atoms with Crippen molar-refractivity contribution in [3.05, 3.63) is 59.7 Å². The molecule has 6 heteroatoms. The Morgan fingerprint density at radius 2 is 1.92 bits per heavy atom. The molecule has 0 bridgehead atoms. The van der Waals surface area contributed by atoms with Gasteiger partial charge in [-0.05, 0) is 11.6 Å². The van der Waals surface area contributed by atoms with E-state index in [0.717, 1.165) is 11.1 Å². The van der Waals surface area contributed by atoms with Crippen LogP contribution in [0.3, 0.4) is 0 Å². The van der Waals surface area contributed by atoms with Gasteiger partial charge in [-0.15, -0.1) is 0 Å². The van der Waals surface area contributed by atoms with Crippen molar-refractivity contribution in [2.45, 2.75) is 6.61 Å². The summed E-state index contributed by atoms with van der Waals surface area (Å²) in [6.45, 7) is 0.579. The summed E-state index contributed by atoms with van der Waals surface area (Å²) in [5, 5.41) is 2.65. The van der Waals surface area contributed by atoms with Gasteiger partial charge in [0, 0.05) is 18.2 Å². The molecule has 24 heavy (non-hydrogen) atoms. The normalized spacial score (nSPS) is 10.4. The lowest BCUT2D eigenvalue weighted by Gasteiger charge is -2.06. The summed E-state index contributed by atoms with van der Waals surface area (Å²) in [5.74, 6) is 0.934. The van der Waals surface area contributed by atoms with Crippen LogP contribution < -0.4 is 14.8 Å². The van der Waals surface area contributed by atoms with E-state index in [1.165, 1.54) is 7.11 Å². The molecule has 0 saturated carbocycles. The van der Waals surface area contributed by atoms with Crippen molar-refractivity contribution in [3.63, 3.8) is 0 Å². The zero-order valence-corrected chi connectivity index (χ0v) is 13.7. The Kier molecular flexibility index (Phi) is 6.64. The van der Waals surface area contributed by atoms with Gasteiger partial charge in [-0.25, -0.2) is 4.79 Å². The van der Waals surface area contributed by atoms with Crippen molar-refractivity contribution in [1.29, 1.82) is 0 Å². The molecule has 2 aromatic rings. The third-order valence-corrected chi connectivity index (χ3v) is 3.14. The predicted molar refractivity (Wildman–Crippen MR) is 91.0 cm³/mol. The van der Waals surface area contributed by atoms with Gasteiger partial charge in [0.25, 0.3) is 0 Å². The van der Waals surface area contributed by atoms with Crippen LogP contribution in [-0.2, 0) is 11.3 Å². The molecule has 0 spiro atoms. The van der Waals surface area contributed by atoms with Gasteiger partial charge in [-0.1, -0.05) is 42.5 Å². The molecule has 0 saturated heterocycles. The molecule has 0 radical (unpaired) electrons. The molecule has 126 valence electrons. The second-order valence-corrected chi connectivity index (χ2v) is 4.80. The largest absolute Gasteiger partial charge is 0.481 e. The first-order chi connectivity index (χ1) is 11.7. The van der Waals surface area contributed by atoms with Crippen LogP contribution in [0.15, 0.2) is 48.5 Å². The van der Waals surface area contributed by atoms with Crippen molar-refractivity contribution in [3.8, 4) is 11.8 Å².